The Bertz CT molecular complexity index is 843. The van der Waals surface area contributed by atoms with Gasteiger partial charge in [0.2, 0.25) is 0 Å². The fourth-order valence-electron chi connectivity index (χ4n) is 2.15. The molecular weight excluding hydrogens is 299 g/mol. The second-order valence-electron chi connectivity index (χ2n) is 4.64. The summed E-state index contributed by atoms with van der Waals surface area (Å²) in [6.45, 7) is 3.38. The number of ether oxygens (including phenoxy) is 1. The van der Waals surface area contributed by atoms with Gasteiger partial charge in [0.05, 0.1) is 16.8 Å². The second kappa shape index (κ2) is 4.97. The van der Waals surface area contributed by atoms with Gasteiger partial charge in [0, 0.05) is 5.56 Å². The van der Waals surface area contributed by atoms with Gasteiger partial charge in [-0.3, -0.25) is 0 Å². The molecule has 3 aromatic rings. The molecule has 2 heterocycles. The van der Waals surface area contributed by atoms with Crippen LogP contribution in [0.3, 0.4) is 0 Å². The monoisotopic (exact) mass is 309 g/mol. The van der Waals surface area contributed by atoms with Crippen LogP contribution in [0.2, 0.25) is 0 Å². The van der Waals surface area contributed by atoms with Crippen LogP contribution >= 0.6 is 0 Å². The highest BCUT2D eigenvalue weighted by atomic mass is 19.4. The lowest BCUT2D eigenvalue weighted by molar-refractivity contribution is -0.274. The first-order valence-corrected chi connectivity index (χ1v) is 6.30. The minimum atomic E-state index is -4.75. The van der Waals surface area contributed by atoms with E-state index in [9.17, 15) is 13.2 Å². The molecule has 0 bridgehead atoms. The minimum absolute atomic E-state index is 0.294. The topological polar surface area (TPSA) is 61.0 Å². The van der Waals surface area contributed by atoms with E-state index in [4.69, 9.17) is 4.52 Å². The summed E-state index contributed by atoms with van der Waals surface area (Å²) in [4.78, 5) is 8.41. The third-order valence-corrected chi connectivity index (χ3v) is 2.96. The van der Waals surface area contributed by atoms with Crippen molar-refractivity contribution in [2.24, 2.45) is 0 Å². The van der Waals surface area contributed by atoms with Crippen LogP contribution in [0.25, 0.3) is 22.4 Å². The lowest BCUT2D eigenvalue weighted by Gasteiger charge is -2.10. The van der Waals surface area contributed by atoms with Crippen molar-refractivity contribution in [1.82, 2.24) is 15.1 Å². The lowest BCUT2D eigenvalue weighted by atomic mass is 10.1. The number of aromatic nitrogens is 3. The van der Waals surface area contributed by atoms with E-state index in [1.807, 2.05) is 0 Å². The van der Waals surface area contributed by atoms with E-state index in [1.54, 1.807) is 19.9 Å². The number of rotatable bonds is 2. The van der Waals surface area contributed by atoms with Crippen LogP contribution in [0.4, 0.5) is 13.2 Å². The fraction of sp³-hybridized carbons (Fsp3) is 0.214. The maximum Gasteiger partial charge on any atom is 0.573 e. The van der Waals surface area contributed by atoms with Gasteiger partial charge in [-0.2, -0.15) is 4.98 Å². The van der Waals surface area contributed by atoms with Gasteiger partial charge in [0.1, 0.15) is 11.6 Å². The predicted molar refractivity (Wildman–Crippen MR) is 71.2 cm³/mol. The number of fused-ring (bicyclic) bond motifs is 1. The zero-order valence-electron chi connectivity index (χ0n) is 11.6. The van der Waals surface area contributed by atoms with E-state index in [2.05, 4.69) is 19.9 Å². The molecule has 0 aliphatic heterocycles. The molecule has 0 atom stereocenters. The van der Waals surface area contributed by atoms with Gasteiger partial charge in [-0.1, -0.05) is 17.3 Å². The van der Waals surface area contributed by atoms with Crippen LogP contribution in [0.15, 0.2) is 28.8 Å². The summed E-state index contributed by atoms with van der Waals surface area (Å²) in [6.07, 6.45) is -4.75. The molecule has 1 aromatic carbocycles. The summed E-state index contributed by atoms with van der Waals surface area (Å²) in [5, 5.41) is 4.38. The molecule has 0 aliphatic rings. The first-order chi connectivity index (χ1) is 10.3. The Kier molecular flexibility index (Phi) is 3.23. The third kappa shape index (κ3) is 2.72. The van der Waals surface area contributed by atoms with Gasteiger partial charge in [0.25, 0.3) is 5.71 Å². The molecule has 5 nitrogen and oxygen atoms in total. The van der Waals surface area contributed by atoms with E-state index in [-0.39, 0.29) is 5.75 Å². The van der Waals surface area contributed by atoms with Crippen LogP contribution < -0.4 is 4.74 Å². The Morgan fingerprint density at radius 1 is 1.14 bits per heavy atom. The largest absolute Gasteiger partial charge is 0.573 e. The molecule has 0 saturated heterocycles. The summed E-state index contributed by atoms with van der Waals surface area (Å²) in [7, 11) is 0. The van der Waals surface area contributed by atoms with Crippen molar-refractivity contribution < 1.29 is 22.4 Å². The van der Waals surface area contributed by atoms with Gasteiger partial charge in [-0.05, 0) is 26.0 Å². The standard InChI is InChI=1S/C14H10F3N3O2/c1-7-11-12(18-8(2)19-13(11)22-20-7)9-4-3-5-10(6-9)21-14(15,16)17/h3-6H,1-2H3. The second-order valence-corrected chi connectivity index (χ2v) is 4.64. The highest BCUT2D eigenvalue weighted by Gasteiger charge is 2.31. The summed E-state index contributed by atoms with van der Waals surface area (Å²) in [5.41, 5.74) is 1.77. The Morgan fingerprint density at radius 3 is 2.64 bits per heavy atom. The SMILES string of the molecule is Cc1nc(-c2cccc(OC(F)(F)F)c2)c2c(C)noc2n1. The van der Waals surface area contributed by atoms with Crippen LogP contribution in [0.1, 0.15) is 11.5 Å². The first-order valence-electron chi connectivity index (χ1n) is 6.30. The van der Waals surface area contributed by atoms with E-state index >= 15 is 0 Å². The normalized spacial score (nSPS) is 11.9. The molecule has 114 valence electrons. The molecule has 3 rings (SSSR count). The van der Waals surface area contributed by atoms with Crippen LogP contribution in [0, 0.1) is 13.8 Å². The maximum atomic E-state index is 12.3. The zero-order valence-corrected chi connectivity index (χ0v) is 11.6. The molecule has 8 heteroatoms. The van der Waals surface area contributed by atoms with Gasteiger partial charge in [-0.25, -0.2) is 4.98 Å². The molecular formula is C14H10F3N3O2. The molecule has 0 aliphatic carbocycles. The number of hydrogen-bond donors (Lipinski definition) is 0. The molecule has 0 N–H and O–H groups in total. The van der Waals surface area contributed by atoms with Crippen LogP contribution in [-0.2, 0) is 0 Å². The van der Waals surface area contributed by atoms with Crippen molar-refractivity contribution in [2.45, 2.75) is 20.2 Å². The fourth-order valence-corrected chi connectivity index (χ4v) is 2.15. The van der Waals surface area contributed by atoms with Crippen molar-refractivity contribution in [3.8, 4) is 17.0 Å². The number of nitrogens with zero attached hydrogens (tertiary/aromatic N) is 3. The average molecular weight is 309 g/mol. The number of benzene rings is 1. The molecule has 0 fully saturated rings. The molecule has 0 amide bonds. The number of hydrogen-bond acceptors (Lipinski definition) is 5. The van der Waals surface area contributed by atoms with Crippen molar-refractivity contribution in [3.05, 3.63) is 35.8 Å². The summed E-state index contributed by atoms with van der Waals surface area (Å²) >= 11 is 0. The van der Waals surface area contributed by atoms with Crippen molar-refractivity contribution in [1.29, 1.82) is 0 Å². The molecule has 0 unspecified atom stereocenters. The summed E-state index contributed by atoms with van der Waals surface area (Å²) < 4.78 is 46.0. The van der Waals surface area contributed by atoms with Gasteiger partial charge < -0.3 is 9.26 Å². The first kappa shape index (κ1) is 14.3. The molecule has 0 spiro atoms. The van der Waals surface area contributed by atoms with E-state index in [0.29, 0.717) is 33.9 Å². The molecule has 0 radical (unpaired) electrons. The average Bonchev–Trinajstić information content (AvgIpc) is 2.78. The van der Waals surface area contributed by atoms with Crippen molar-refractivity contribution in [2.75, 3.05) is 0 Å². The highest BCUT2D eigenvalue weighted by molar-refractivity contribution is 5.91. The Labute approximate surface area is 122 Å². The van der Waals surface area contributed by atoms with E-state index < -0.39 is 6.36 Å². The van der Waals surface area contributed by atoms with E-state index in [0.717, 1.165) is 0 Å². The maximum absolute atomic E-state index is 12.3. The molecule has 22 heavy (non-hydrogen) atoms. The number of halogens is 3. The third-order valence-electron chi connectivity index (χ3n) is 2.96. The molecule has 0 saturated carbocycles. The van der Waals surface area contributed by atoms with Gasteiger partial charge in [-0.15, -0.1) is 13.2 Å². The smallest absolute Gasteiger partial charge is 0.406 e. The number of alkyl halides is 3. The quantitative estimate of drug-likeness (QED) is 0.720. The van der Waals surface area contributed by atoms with Gasteiger partial charge in [0.15, 0.2) is 0 Å². The highest BCUT2D eigenvalue weighted by Crippen LogP contribution is 2.32. The number of aryl methyl sites for hydroxylation is 2. The van der Waals surface area contributed by atoms with Crippen LogP contribution in [-0.4, -0.2) is 21.5 Å². The summed E-state index contributed by atoms with van der Waals surface area (Å²) in [6, 6.07) is 5.59. The van der Waals surface area contributed by atoms with Crippen molar-refractivity contribution >= 4 is 11.1 Å². The predicted octanol–water partition coefficient (Wildman–Crippen LogP) is 3.80. The van der Waals surface area contributed by atoms with Crippen LogP contribution in [0.5, 0.6) is 5.75 Å². The Hall–Kier alpha value is -2.64. The summed E-state index contributed by atoms with van der Waals surface area (Å²) in [5.74, 6) is 0.115. The van der Waals surface area contributed by atoms with Gasteiger partial charge >= 0.3 is 6.36 Å². The Morgan fingerprint density at radius 2 is 1.91 bits per heavy atom. The minimum Gasteiger partial charge on any atom is -0.406 e. The Balaban J connectivity index is 2.15. The zero-order chi connectivity index (χ0) is 15.9. The van der Waals surface area contributed by atoms with E-state index in [1.165, 1.54) is 18.2 Å². The molecule has 2 aromatic heterocycles. The lowest BCUT2D eigenvalue weighted by Crippen LogP contribution is -2.17. The van der Waals surface area contributed by atoms with Crippen molar-refractivity contribution in [3.63, 3.8) is 0 Å².